The van der Waals surface area contributed by atoms with Gasteiger partial charge in [0.15, 0.2) is 5.78 Å². The number of carbonyl (C=O) groups excluding carboxylic acids is 2. The molecule has 1 heterocycles. The molecule has 6 heteroatoms. The van der Waals surface area contributed by atoms with E-state index in [1.807, 2.05) is 13.0 Å². The topological polar surface area (TPSA) is 55.7 Å². The van der Waals surface area contributed by atoms with Crippen molar-refractivity contribution >= 4 is 40.7 Å². The standard InChI is InChI=1S/C24H29Cl2NO3/c1-5-6-7-11-30-23(29)19-14(2)27-17-12-24(3,4)13-18(28)21(17)20(19)15-9-8-10-16(25)22(15)26/h8-10,19-20H,5-7,11-13H2,1-4H3/t19?,20-/m0/s1. The number of rotatable bonds is 6. The number of ether oxygens (including phenoxy) is 1. The van der Waals surface area contributed by atoms with Crippen molar-refractivity contribution in [1.82, 2.24) is 0 Å². The molecule has 0 saturated heterocycles. The Kier molecular flexibility index (Phi) is 7.09. The molecule has 2 aliphatic rings. The van der Waals surface area contributed by atoms with Crippen molar-refractivity contribution < 1.29 is 14.3 Å². The van der Waals surface area contributed by atoms with Gasteiger partial charge in [-0.05, 0) is 36.8 Å². The zero-order valence-electron chi connectivity index (χ0n) is 18.1. The molecule has 30 heavy (non-hydrogen) atoms. The van der Waals surface area contributed by atoms with Crippen LogP contribution in [0.5, 0.6) is 0 Å². The predicted molar refractivity (Wildman–Crippen MR) is 121 cm³/mol. The number of nitrogens with zero attached hydrogens (tertiary/aromatic N) is 1. The normalized spacial score (nSPS) is 23.1. The molecule has 1 aromatic rings. The van der Waals surface area contributed by atoms with Gasteiger partial charge in [-0.2, -0.15) is 0 Å². The van der Waals surface area contributed by atoms with Crippen LogP contribution in [0.2, 0.25) is 10.0 Å². The highest BCUT2D eigenvalue weighted by molar-refractivity contribution is 6.42. The van der Waals surface area contributed by atoms with E-state index in [0.717, 1.165) is 25.0 Å². The van der Waals surface area contributed by atoms with E-state index in [4.69, 9.17) is 32.9 Å². The van der Waals surface area contributed by atoms with Crippen LogP contribution in [0.1, 0.15) is 71.3 Å². The van der Waals surface area contributed by atoms with Gasteiger partial charge in [0.25, 0.3) is 0 Å². The van der Waals surface area contributed by atoms with E-state index in [-0.39, 0.29) is 17.2 Å². The number of aliphatic imine (C=N–C) groups is 1. The quantitative estimate of drug-likeness (QED) is 0.365. The van der Waals surface area contributed by atoms with Crippen LogP contribution in [0.4, 0.5) is 0 Å². The predicted octanol–water partition coefficient (Wildman–Crippen LogP) is 6.54. The monoisotopic (exact) mass is 449 g/mol. The second kappa shape index (κ2) is 9.23. The summed E-state index contributed by atoms with van der Waals surface area (Å²) < 4.78 is 5.60. The van der Waals surface area contributed by atoms with Gasteiger partial charge in [-0.1, -0.05) is 68.9 Å². The van der Waals surface area contributed by atoms with Gasteiger partial charge in [-0.25, -0.2) is 0 Å². The summed E-state index contributed by atoms with van der Waals surface area (Å²) in [6, 6.07) is 5.34. The summed E-state index contributed by atoms with van der Waals surface area (Å²) in [4.78, 5) is 31.1. The van der Waals surface area contributed by atoms with E-state index < -0.39 is 11.8 Å². The third-order valence-corrected chi connectivity index (χ3v) is 6.70. The summed E-state index contributed by atoms with van der Waals surface area (Å²) in [6.07, 6.45) is 3.95. The van der Waals surface area contributed by atoms with E-state index in [0.29, 0.717) is 46.3 Å². The van der Waals surface area contributed by atoms with Crippen LogP contribution in [-0.4, -0.2) is 24.1 Å². The summed E-state index contributed by atoms with van der Waals surface area (Å²) in [5, 5.41) is 0.766. The van der Waals surface area contributed by atoms with Gasteiger partial charge in [-0.3, -0.25) is 14.6 Å². The van der Waals surface area contributed by atoms with Crippen LogP contribution in [0, 0.1) is 11.3 Å². The van der Waals surface area contributed by atoms with E-state index in [1.165, 1.54) is 0 Å². The second-order valence-corrected chi connectivity index (χ2v) is 9.81. The number of benzene rings is 1. The summed E-state index contributed by atoms with van der Waals surface area (Å²) in [5.41, 5.74) is 2.50. The average molecular weight is 450 g/mol. The number of carbonyl (C=O) groups is 2. The zero-order chi connectivity index (χ0) is 22.1. The number of unbranched alkanes of at least 4 members (excludes halogenated alkanes) is 2. The molecule has 0 bridgehead atoms. The fourth-order valence-electron chi connectivity index (χ4n) is 4.46. The molecule has 0 N–H and O–H groups in total. The first kappa shape index (κ1) is 23.0. The van der Waals surface area contributed by atoms with Crippen LogP contribution >= 0.6 is 23.2 Å². The fraction of sp³-hybridized carbons (Fsp3) is 0.542. The Labute approximate surface area is 188 Å². The Balaban J connectivity index is 2.07. The van der Waals surface area contributed by atoms with Gasteiger partial charge in [0.2, 0.25) is 0 Å². The largest absolute Gasteiger partial charge is 0.465 e. The van der Waals surface area contributed by atoms with Crippen molar-refractivity contribution in [1.29, 1.82) is 0 Å². The highest BCUT2D eigenvalue weighted by Crippen LogP contribution is 2.49. The van der Waals surface area contributed by atoms with Crippen LogP contribution in [0.3, 0.4) is 0 Å². The summed E-state index contributed by atoms with van der Waals surface area (Å²) in [5.74, 6) is -1.57. The van der Waals surface area contributed by atoms with E-state index in [1.54, 1.807) is 12.1 Å². The first-order valence-electron chi connectivity index (χ1n) is 10.6. The van der Waals surface area contributed by atoms with Gasteiger partial charge < -0.3 is 4.74 Å². The maximum absolute atomic E-state index is 13.2. The Morgan fingerprint density at radius 3 is 2.67 bits per heavy atom. The van der Waals surface area contributed by atoms with Crippen LogP contribution in [-0.2, 0) is 14.3 Å². The minimum atomic E-state index is -0.688. The molecule has 162 valence electrons. The third-order valence-electron chi connectivity index (χ3n) is 5.86. The first-order chi connectivity index (χ1) is 14.2. The summed E-state index contributed by atoms with van der Waals surface area (Å²) >= 11 is 12.9. The van der Waals surface area contributed by atoms with Crippen molar-refractivity contribution in [3.63, 3.8) is 0 Å². The number of halogens is 2. The lowest BCUT2D eigenvalue weighted by atomic mass is 9.67. The van der Waals surface area contributed by atoms with Gasteiger partial charge >= 0.3 is 5.97 Å². The number of Topliss-reactive ketones (excluding diaryl/α,β-unsaturated/α-hetero) is 1. The summed E-state index contributed by atoms with van der Waals surface area (Å²) in [7, 11) is 0. The van der Waals surface area contributed by atoms with E-state index >= 15 is 0 Å². The molecule has 2 atom stereocenters. The smallest absolute Gasteiger partial charge is 0.315 e. The van der Waals surface area contributed by atoms with Crippen molar-refractivity contribution in [2.75, 3.05) is 6.61 Å². The lowest BCUT2D eigenvalue weighted by molar-refractivity contribution is -0.146. The maximum atomic E-state index is 13.2. The number of esters is 1. The molecule has 3 rings (SSSR count). The molecule has 1 unspecified atom stereocenters. The lowest BCUT2D eigenvalue weighted by Crippen LogP contribution is -2.39. The van der Waals surface area contributed by atoms with Crippen molar-refractivity contribution in [2.45, 2.75) is 65.7 Å². The molecular weight excluding hydrogens is 421 g/mol. The SMILES string of the molecule is CCCCCOC(=O)C1C(C)=NC2=C(C(=O)CC(C)(C)C2)[C@H]1c1cccc(Cl)c1Cl. The maximum Gasteiger partial charge on any atom is 0.315 e. The van der Waals surface area contributed by atoms with Crippen molar-refractivity contribution in [3.05, 3.63) is 45.1 Å². The molecule has 0 saturated carbocycles. The molecule has 1 aliphatic heterocycles. The van der Waals surface area contributed by atoms with E-state index in [9.17, 15) is 9.59 Å². The number of allylic oxidation sites excluding steroid dienone is 2. The van der Waals surface area contributed by atoms with Gasteiger partial charge in [-0.15, -0.1) is 0 Å². The van der Waals surface area contributed by atoms with Gasteiger partial charge in [0.05, 0.1) is 16.7 Å². The Morgan fingerprint density at radius 2 is 1.97 bits per heavy atom. The molecule has 0 radical (unpaired) electrons. The Hall–Kier alpha value is -1.65. The van der Waals surface area contributed by atoms with Gasteiger partial charge in [0, 0.05) is 29.3 Å². The lowest BCUT2D eigenvalue weighted by Gasteiger charge is -2.39. The van der Waals surface area contributed by atoms with Crippen LogP contribution in [0.15, 0.2) is 34.5 Å². The molecule has 1 aliphatic carbocycles. The van der Waals surface area contributed by atoms with Crippen LogP contribution < -0.4 is 0 Å². The second-order valence-electron chi connectivity index (χ2n) is 9.03. The molecule has 1 aromatic carbocycles. The average Bonchev–Trinajstić information content (AvgIpc) is 2.65. The molecule has 0 amide bonds. The molecule has 0 spiro atoms. The molecule has 0 aromatic heterocycles. The van der Waals surface area contributed by atoms with Gasteiger partial charge in [0.1, 0.15) is 5.92 Å². The highest BCUT2D eigenvalue weighted by Gasteiger charge is 2.46. The minimum Gasteiger partial charge on any atom is -0.465 e. The Morgan fingerprint density at radius 1 is 1.23 bits per heavy atom. The zero-order valence-corrected chi connectivity index (χ0v) is 19.6. The third kappa shape index (κ3) is 4.65. The highest BCUT2D eigenvalue weighted by atomic mass is 35.5. The summed E-state index contributed by atoms with van der Waals surface area (Å²) in [6.45, 7) is 8.42. The number of hydrogen-bond donors (Lipinski definition) is 0. The number of hydrogen-bond acceptors (Lipinski definition) is 4. The van der Waals surface area contributed by atoms with Crippen LogP contribution in [0.25, 0.3) is 0 Å². The molecule has 4 nitrogen and oxygen atoms in total. The van der Waals surface area contributed by atoms with Crippen molar-refractivity contribution in [2.24, 2.45) is 16.3 Å². The first-order valence-corrected chi connectivity index (χ1v) is 11.3. The van der Waals surface area contributed by atoms with Crippen molar-refractivity contribution in [3.8, 4) is 0 Å². The molecular formula is C24H29Cl2NO3. The minimum absolute atomic E-state index is 0.0160. The fourth-order valence-corrected chi connectivity index (χ4v) is 4.89. The molecule has 0 fully saturated rings. The van der Waals surface area contributed by atoms with E-state index in [2.05, 4.69) is 20.8 Å². The number of ketones is 1. The Bertz CT molecular complexity index is 917.